The van der Waals surface area contributed by atoms with Crippen LogP contribution in [0.5, 0.6) is 5.88 Å². The Bertz CT molecular complexity index is 362. The molecule has 0 aliphatic carbocycles. The largest absolute Gasteiger partial charge is 0.464 e. The van der Waals surface area contributed by atoms with Crippen LogP contribution in [0.15, 0.2) is 18.2 Å². The van der Waals surface area contributed by atoms with Crippen molar-refractivity contribution in [2.24, 2.45) is 0 Å². The van der Waals surface area contributed by atoms with E-state index in [-0.39, 0.29) is 0 Å². The minimum absolute atomic E-state index is 0.433. The summed E-state index contributed by atoms with van der Waals surface area (Å²) in [5.41, 5.74) is 0.966. The monoisotopic (exact) mass is 217 g/mol. The third-order valence-corrected chi connectivity index (χ3v) is 2.19. The maximum absolute atomic E-state index is 5.41. The van der Waals surface area contributed by atoms with E-state index >= 15 is 0 Å². The SMILES string of the molecule is CCCCCC#CCOc1cccc(C)n1. The van der Waals surface area contributed by atoms with Gasteiger partial charge in [-0.25, -0.2) is 4.98 Å². The predicted molar refractivity (Wildman–Crippen MR) is 66.4 cm³/mol. The quantitative estimate of drug-likeness (QED) is 0.557. The van der Waals surface area contributed by atoms with E-state index in [2.05, 4.69) is 23.7 Å². The summed E-state index contributed by atoms with van der Waals surface area (Å²) in [6, 6.07) is 5.74. The summed E-state index contributed by atoms with van der Waals surface area (Å²) in [6.07, 6.45) is 4.66. The summed E-state index contributed by atoms with van der Waals surface area (Å²) >= 11 is 0. The van der Waals surface area contributed by atoms with E-state index < -0.39 is 0 Å². The van der Waals surface area contributed by atoms with Crippen LogP contribution in [0.25, 0.3) is 0 Å². The second-order valence-corrected chi connectivity index (χ2v) is 3.72. The molecule has 0 amide bonds. The molecule has 2 nitrogen and oxygen atoms in total. The number of aromatic nitrogens is 1. The Labute approximate surface area is 98.0 Å². The Hall–Kier alpha value is -1.49. The number of hydrogen-bond donors (Lipinski definition) is 0. The lowest BCUT2D eigenvalue weighted by Gasteiger charge is -2.00. The molecule has 0 atom stereocenters. The molecule has 16 heavy (non-hydrogen) atoms. The van der Waals surface area contributed by atoms with Gasteiger partial charge >= 0.3 is 0 Å². The van der Waals surface area contributed by atoms with Crippen molar-refractivity contribution < 1.29 is 4.74 Å². The van der Waals surface area contributed by atoms with Gasteiger partial charge in [-0.05, 0) is 19.4 Å². The molecule has 1 rings (SSSR count). The fourth-order valence-electron chi connectivity index (χ4n) is 1.31. The first-order valence-corrected chi connectivity index (χ1v) is 5.85. The maximum atomic E-state index is 5.41. The van der Waals surface area contributed by atoms with Crippen molar-refractivity contribution in [3.05, 3.63) is 23.9 Å². The van der Waals surface area contributed by atoms with Crippen molar-refractivity contribution in [1.29, 1.82) is 0 Å². The van der Waals surface area contributed by atoms with E-state index in [9.17, 15) is 0 Å². The number of unbranched alkanes of at least 4 members (excludes halogenated alkanes) is 3. The smallest absolute Gasteiger partial charge is 0.214 e. The highest BCUT2D eigenvalue weighted by molar-refractivity contribution is 5.15. The van der Waals surface area contributed by atoms with Crippen molar-refractivity contribution in [2.45, 2.75) is 39.5 Å². The van der Waals surface area contributed by atoms with E-state index in [0.717, 1.165) is 12.1 Å². The molecule has 1 aromatic heterocycles. The van der Waals surface area contributed by atoms with Crippen molar-refractivity contribution in [2.75, 3.05) is 6.61 Å². The molecule has 0 N–H and O–H groups in total. The highest BCUT2D eigenvalue weighted by Gasteiger charge is 1.92. The zero-order chi connectivity index (χ0) is 11.6. The molecule has 0 spiro atoms. The Morgan fingerprint density at radius 3 is 2.88 bits per heavy atom. The molecular weight excluding hydrogens is 198 g/mol. The van der Waals surface area contributed by atoms with Crippen LogP contribution in [0, 0.1) is 18.8 Å². The van der Waals surface area contributed by atoms with E-state index in [1.54, 1.807) is 0 Å². The molecule has 86 valence electrons. The molecule has 0 radical (unpaired) electrons. The Balaban J connectivity index is 2.20. The lowest BCUT2D eigenvalue weighted by Crippen LogP contribution is -1.96. The zero-order valence-electron chi connectivity index (χ0n) is 10.1. The van der Waals surface area contributed by atoms with E-state index in [1.807, 2.05) is 25.1 Å². The Morgan fingerprint density at radius 1 is 1.25 bits per heavy atom. The number of hydrogen-bond acceptors (Lipinski definition) is 2. The van der Waals surface area contributed by atoms with Gasteiger partial charge in [0.1, 0.15) is 0 Å². The Kier molecular flexibility index (Phi) is 6.10. The predicted octanol–water partition coefficient (Wildman–Crippen LogP) is 3.35. The molecule has 0 aliphatic rings. The Morgan fingerprint density at radius 2 is 2.12 bits per heavy atom. The fraction of sp³-hybridized carbons (Fsp3) is 0.500. The van der Waals surface area contributed by atoms with Crippen molar-refractivity contribution in [3.63, 3.8) is 0 Å². The average Bonchev–Trinajstić information content (AvgIpc) is 2.28. The van der Waals surface area contributed by atoms with Crippen LogP contribution in [0.3, 0.4) is 0 Å². The third kappa shape index (κ3) is 5.41. The standard InChI is InChI=1S/C14H19NO/c1-3-4-5-6-7-8-12-16-14-11-9-10-13(2)15-14/h9-11H,3-6,12H2,1-2H3. The first-order valence-electron chi connectivity index (χ1n) is 5.85. The van der Waals surface area contributed by atoms with Gasteiger partial charge in [-0.1, -0.05) is 37.7 Å². The normalized spacial score (nSPS) is 9.38. The van der Waals surface area contributed by atoms with Crippen molar-refractivity contribution >= 4 is 0 Å². The second kappa shape index (κ2) is 7.76. The van der Waals surface area contributed by atoms with E-state index in [0.29, 0.717) is 12.5 Å². The fourth-order valence-corrected chi connectivity index (χ4v) is 1.31. The minimum Gasteiger partial charge on any atom is -0.464 e. The van der Waals surface area contributed by atoms with Crippen LogP contribution in [0.4, 0.5) is 0 Å². The van der Waals surface area contributed by atoms with Crippen LogP contribution in [-0.4, -0.2) is 11.6 Å². The van der Waals surface area contributed by atoms with Gasteiger partial charge in [0.05, 0.1) is 0 Å². The lowest BCUT2D eigenvalue weighted by molar-refractivity contribution is 0.354. The second-order valence-electron chi connectivity index (χ2n) is 3.72. The first-order chi connectivity index (χ1) is 7.83. The topological polar surface area (TPSA) is 22.1 Å². The molecule has 1 aromatic rings. The molecule has 0 bridgehead atoms. The summed E-state index contributed by atoms with van der Waals surface area (Å²) in [7, 11) is 0. The molecule has 0 saturated carbocycles. The highest BCUT2D eigenvalue weighted by atomic mass is 16.5. The summed E-state index contributed by atoms with van der Waals surface area (Å²) in [5, 5.41) is 0. The molecule has 0 aliphatic heterocycles. The van der Waals surface area contributed by atoms with Gasteiger partial charge in [0.25, 0.3) is 0 Å². The van der Waals surface area contributed by atoms with Gasteiger partial charge < -0.3 is 4.74 Å². The summed E-state index contributed by atoms with van der Waals surface area (Å²) in [5.74, 6) is 6.76. The molecule has 0 saturated heterocycles. The summed E-state index contributed by atoms with van der Waals surface area (Å²) in [4.78, 5) is 4.23. The van der Waals surface area contributed by atoms with Crippen molar-refractivity contribution in [3.8, 4) is 17.7 Å². The summed E-state index contributed by atoms with van der Waals surface area (Å²) in [6.45, 7) is 4.58. The molecular formula is C14H19NO. The lowest BCUT2D eigenvalue weighted by atomic mass is 10.2. The zero-order valence-corrected chi connectivity index (χ0v) is 10.1. The molecule has 0 fully saturated rings. The van der Waals surface area contributed by atoms with Crippen LogP contribution < -0.4 is 4.74 Å². The van der Waals surface area contributed by atoms with E-state index in [1.165, 1.54) is 19.3 Å². The summed E-state index contributed by atoms with van der Waals surface area (Å²) < 4.78 is 5.41. The molecule has 0 unspecified atom stereocenters. The van der Waals surface area contributed by atoms with Crippen molar-refractivity contribution in [1.82, 2.24) is 4.98 Å². The molecule has 1 heterocycles. The number of ether oxygens (including phenoxy) is 1. The number of nitrogens with zero attached hydrogens (tertiary/aromatic N) is 1. The number of pyridine rings is 1. The minimum atomic E-state index is 0.433. The molecule has 2 heteroatoms. The van der Waals surface area contributed by atoms with Gasteiger partial charge in [0.2, 0.25) is 5.88 Å². The van der Waals surface area contributed by atoms with Gasteiger partial charge in [-0.15, -0.1) is 0 Å². The first kappa shape index (κ1) is 12.6. The third-order valence-electron chi connectivity index (χ3n) is 2.19. The van der Waals surface area contributed by atoms with Gasteiger partial charge in [0, 0.05) is 18.2 Å². The van der Waals surface area contributed by atoms with Crippen LogP contribution >= 0.6 is 0 Å². The number of rotatable bonds is 5. The van der Waals surface area contributed by atoms with Gasteiger partial charge in [0.15, 0.2) is 6.61 Å². The highest BCUT2D eigenvalue weighted by Crippen LogP contribution is 2.05. The van der Waals surface area contributed by atoms with Gasteiger partial charge in [-0.2, -0.15) is 0 Å². The number of aryl methyl sites for hydroxylation is 1. The maximum Gasteiger partial charge on any atom is 0.214 e. The molecule has 0 aromatic carbocycles. The average molecular weight is 217 g/mol. The van der Waals surface area contributed by atoms with Crippen LogP contribution in [-0.2, 0) is 0 Å². The van der Waals surface area contributed by atoms with Crippen LogP contribution in [0.2, 0.25) is 0 Å². The van der Waals surface area contributed by atoms with Gasteiger partial charge in [-0.3, -0.25) is 0 Å². The van der Waals surface area contributed by atoms with Crippen LogP contribution in [0.1, 0.15) is 38.3 Å². The van der Waals surface area contributed by atoms with E-state index in [4.69, 9.17) is 4.74 Å².